The number of aromatic amines is 1. The summed E-state index contributed by atoms with van der Waals surface area (Å²) in [5, 5.41) is 0. The van der Waals surface area contributed by atoms with Crippen LogP contribution in [0.5, 0.6) is 11.5 Å². The van der Waals surface area contributed by atoms with Gasteiger partial charge in [0.15, 0.2) is 0 Å². The lowest BCUT2D eigenvalue weighted by Gasteiger charge is -2.42. The second kappa shape index (κ2) is 11.7. The fourth-order valence-electron chi connectivity index (χ4n) is 5.38. The SMILES string of the molecule is CC[C@H]1CN=C(c2ccc(-c3cc(O[C@@H](C)COC)cc(O[Si](C(C)C)(C(C)C)C(C)C)c3)[nH]2)O1. The molecular formula is C28H44N2O4Si. The summed E-state index contributed by atoms with van der Waals surface area (Å²) in [5.41, 5.74) is 4.31. The van der Waals surface area contributed by atoms with Gasteiger partial charge in [-0.1, -0.05) is 48.5 Å². The van der Waals surface area contributed by atoms with E-state index < -0.39 is 8.32 Å². The molecule has 2 aromatic rings. The van der Waals surface area contributed by atoms with Gasteiger partial charge in [-0.05, 0) is 54.2 Å². The van der Waals surface area contributed by atoms with Crippen molar-refractivity contribution in [2.75, 3.05) is 20.3 Å². The third-order valence-electron chi connectivity index (χ3n) is 7.02. The maximum atomic E-state index is 7.03. The van der Waals surface area contributed by atoms with E-state index in [1.54, 1.807) is 7.11 Å². The standard InChI is InChI=1S/C28H44N2O4Si/c1-10-23-16-29-28(33-23)27-12-11-26(30-27)22-13-24(32-21(8)17-31-9)15-25(14-22)34-35(18(2)3,19(4)5)20(6)7/h11-15,18-21,23,30H,10,16-17H2,1-9H3/t21-,23-/m0/s1. The Morgan fingerprint density at radius 1 is 0.971 bits per heavy atom. The molecule has 1 aliphatic rings. The van der Waals surface area contributed by atoms with Gasteiger partial charge in [0.1, 0.15) is 29.4 Å². The Morgan fingerprint density at radius 3 is 2.17 bits per heavy atom. The van der Waals surface area contributed by atoms with Crippen molar-refractivity contribution in [3.63, 3.8) is 0 Å². The summed E-state index contributed by atoms with van der Waals surface area (Å²) in [7, 11) is -0.437. The molecule has 35 heavy (non-hydrogen) atoms. The molecule has 3 rings (SSSR count). The van der Waals surface area contributed by atoms with Crippen molar-refractivity contribution in [3.05, 3.63) is 36.0 Å². The number of aliphatic imine (C=N–C) groups is 1. The highest BCUT2D eigenvalue weighted by molar-refractivity contribution is 6.78. The zero-order valence-corrected chi connectivity index (χ0v) is 24.0. The minimum atomic E-state index is -2.13. The van der Waals surface area contributed by atoms with Crippen molar-refractivity contribution in [1.82, 2.24) is 4.98 Å². The van der Waals surface area contributed by atoms with E-state index >= 15 is 0 Å². The maximum Gasteiger partial charge on any atom is 0.258 e. The number of H-pyrrole nitrogens is 1. The van der Waals surface area contributed by atoms with Crippen LogP contribution < -0.4 is 9.16 Å². The topological polar surface area (TPSA) is 65.1 Å². The Morgan fingerprint density at radius 2 is 1.60 bits per heavy atom. The van der Waals surface area contributed by atoms with Crippen molar-refractivity contribution in [2.45, 2.75) is 90.6 Å². The minimum Gasteiger partial charge on any atom is -0.543 e. The van der Waals surface area contributed by atoms with Gasteiger partial charge in [-0.15, -0.1) is 0 Å². The molecule has 1 aliphatic heterocycles. The second-order valence-corrected chi connectivity index (χ2v) is 16.0. The number of rotatable bonds is 12. The molecule has 194 valence electrons. The first-order chi connectivity index (χ1) is 16.6. The zero-order chi connectivity index (χ0) is 25.8. The lowest BCUT2D eigenvalue weighted by Crippen LogP contribution is -2.50. The van der Waals surface area contributed by atoms with Crippen molar-refractivity contribution < 1.29 is 18.6 Å². The molecular weight excluding hydrogens is 456 g/mol. The van der Waals surface area contributed by atoms with Crippen molar-refractivity contribution >= 4 is 14.2 Å². The molecule has 6 nitrogen and oxygen atoms in total. The van der Waals surface area contributed by atoms with Gasteiger partial charge in [-0.2, -0.15) is 0 Å². The molecule has 0 spiro atoms. The lowest BCUT2D eigenvalue weighted by molar-refractivity contribution is 0.0920. The maximum absolute atomic E-state index is 7.03. The third kappa shape index (κ3) is 6.12. The first-order valence-electron chi connectivity index (χ1n) is 13.0. The zero-order valence-electron chi connectivity index (χ0n) is 23.0. The molecule has 0 saturated carbocycles. The number of nitrogens with one attached hydrogen (secondary N) is 1. The molecule has 0 aliphatic carbocycles. The predicted octanol–water partition coefficient (Wildman–Crippen LogP) is 7.21. The molecule has 1 N–H and O–H groups in total. The van der Waals surface area contributed by atoms with Crippen molar-refractivity contribution in [3.8, 4) is 22.8 Å². The van der Waals surface area contributed by atoms with E-state index in [2.05, 4.69) is 76.6 Å². The molecule has 1 aromatic heterocycles. The Kier molecular flexibility index (Phi) is 9.10. The van der Waals surface area contributed by atoms with Gasteiger partial charge < -0.3 is 23.6 Å². The van der Waals surface area contributed by atoms with E-state index in [9.17, 15) is 0 Å². The van der Waals surface area contributed by atoms with Crippen LogP contribution in [0.25, 0.3) is 11.3 Å². The van der Waals surface area contributed by atoms with Crippen LogP contribution >= 0.6 is 0 Å². The minimum absolute atomic E-state index is 0.0724. The van der Waals surface area contributed by atoms with Crippen LogP contribution in [0.4, 0.5) is 0 Å². The summed E-state index contributed by atoms with van der Waals surface area (Å²) in [6, 6.07) is 10.3. The number of hydrogen-bond donors (Lipinski definition) is 1. The number of ether oxygens (including phenoxy) is 3. The van der Waals surface area contributed by atoms with Crippen LogP contribution in [-0.2, 0) is 9.47 Å². The highest BCUT2D eigenvalue weighted by Crippen LogP contribution is 2.44. The summed E-state index contributed by atoms with van der Waals surface area (Å²) in [6.07, 6.45) is 1.04. The van der Waals surface area contributed by atoms with Crippen molar-refractivity contribution in [2.24, 2.45) is 4.99 Å². The van der Waals surface area contributed by atoms with Gasteiger partial charge in [-0.3, -0.25) is 0 Å². The molecule has 1 aromatic carbocycles. The summed E-state index contributed by atoms with van der Waals surface area (Å²) in [6.45, 7) is 19.2. The summed E-state index contributed by atoms with van der Waals surface area (Å²) >= 11 is 0. The van der Waals surface area contributed by atoms with Gasteiger partial charge >= 0.3 is 0 Å². The van der Waals surface area contributed by atoms with Crippen molar-refractivity contribution in [1.29, 1.82) is 0 Å². The summed E-state index contributed by atoms with van der Waals surface area (Å²) < 4.78 is 24.5. The highest BCUT2D eigenvalue weighted by atomic mass is 28.4. The van der Waals surface area contributed by atoms with Crippen LogP contribution in [0.1, 0.15) is 67.5 Å². The summed E-state index contributed by atoms with van der Waals surface area (Å²) in [4.78, 5) is 8.07. The molecule has 7 heteroatoms. The van der Waals surface area contributed by atoms with Crippen LogP contribution in [0.3, 0.4) is 0 Å². The first-order valence-corrected chi connectivity index (χ1v) is 15.1. The van der Waals surface area contributed by atoms with Gasteiger partial charge in [0.2, 0.25) is 5.90 Å². The lowest BCUT2D eigenvalue weighted by atomic mass is 10.1. The normalized spacial score (nSPS) is 17.1. The fraction of sp³-hybridized carbons (Fsp3) is 0.607. The molecule has 2 atom stereocenters. The monoisotopic (exact) mass is 500 g/mol. The molecule has 0 amide bonds. The van der Waals surface area contributed by atoms with E-state index in [-0.39, 0.29) is 12.2 Å². The summed E-state index contributed by atoms with van der Waals surface area (Å²) in [5.74, 6) is 2.32. The van der Waals surface area contributed by atoms with Crippen LogP contribution in [0, 0.1) is 0 Å². The molecule has 0 unspecified atom stereocenters. The molecule has 0 radical (unpaired) electrons. The number of methoxy groups -OCH3 is 1. The largest absolute Gasteiger partial charge is 0.543 e. The number of aromatic nitrogens is 1. The number of hydrogen-bond acceptors (Lipinski definition) is 5. The molecule has 0 bridgehead atoms. The Balaban J connectivity index is 2.00. The first kappa shape index (κ1) is 27.3. The Labute approximate surface area is 212 Å². The van der Waals surface area contributed by atoms with E-state index in [0.29, 0.717) is 35.7 Å². The average molecular weight is 501 g/mol. The van der Waals surface area contributed by atoms with Gasteiger partial charge in [0.05, 0.1) is 13.2 Å². The molecule has 0 fully saturated rings. The smallest absolute Gasteiger partial charge is 0.258 e. The number of benzene rings is 1. The second-order valence-electron chi connectivity index (χ2n) is 10.6. The van der Waals surface area contributed by atoms with Gasteiger partial charge in [-0.25, -0.2) is 4.99 Å². The van der Waals surface area contributed by atoms with Crippen LogP contribution in [0.15, 0.2) is 35.3 Å². The highest BCUT2D eigenvalue weighted by Gasteiger charge is 2.47. The van der Waals surface area contributed by atoms with E-state index in [1.807, 2.05) is 19.1 Å². The van der Waals surface area contributed by atoms with Crippen LogP contribution in [-0.4, -0.2) is 51.7 Å². The quantitative estimate of drug-likeness (QED) is 0.313. The van der Waals surface area contributed by atoms with E-state index in [1.165, 1.54) is 0 Å². The van der Waals surface area contributed by atoms with Gasteiger partial charge in [0, 0.05) is 24.4 Å². The molecule has 0 saturated heterocycles. The fourth-order valence-corrected chi connectivity index (χ4v) is 10.6. The Bertz CT molecular complexity index is 977. The third-order valence-corrected chi connectivity index (χ3v) is 13.0. The molecule has 2 heterocycles. The van der Waals surface area contributed by atoms with Crippen LogP contribution in [0.2, 0.25) is 16.6 Å². The Hall–Kier alpha value is -2.25. The van der Waals surface area contributed by atoms with E-state index in [0.717, 1.165) is 34.9 Å². The van der Waals surface area contributed by atoms with Gasteiger partial charge in [0.25, 0.3) is 8.32 Å². The predicted molar refractivity (Wildman–Crippen MR) is 146 cm³/mol. The number of nitrogens with zero attached hydrogens (tertiary/aromatic N) is 1. The van der Waals surface area contributed by atoms with E-state index in [4.69, 9.17) is 18.6 Å². The average Bonchev–Trinajstić information content (AvgIpc) is 3.46.